The van der Waals surface area contributed by atoms with Crippen LogP contribution < -0.4 is 10.6 Å². The summed E-state index contributed by atoms with van der Waals surface area (Å²) < 4.78 is 11.7. The molecule has 6 nitrogen and oxygen atoms in total. The smallest absolute Gasteiger partial charge is 0.409 e. The minimum atomic E-state index is -0.623. The van der Waals surface area contributed by atoms with Crippen molar-refractivity contribution in [1.29, 1.82) is 0 Å². The summed E-state index contributed by atoms with van der Waals surface area (Å²) >= 11 is 0. The van der Waals surface area contributed by atoms with E-state index in [1.165, 1.54) is 0 Å². The van der Waals surface area contributed by atoms with Crippen LogP contribution in [-0.4, -0.2) is 18.9 Å². The Balaban J connectivity index is 1.09. The molecule has 0 aromatic heterocycles. The van der Waals surface area contributed by atoms with Crippen molar-refractivity contribution in [2.75, 3.05) is 6.67 Å². The second-order valence-electron chi connectivity index (χ2n) is 10.0. The molecule has 0 radical (unpaired) electrons. The number of carbonyl (C=O) groups excluding carboxylic acids is 2. The van der Waals surface area contributed by atoms with Gasteiger partial charge >= 0.3 is 12.2 Å². The van der Waals surface area contributed by atoms with E-state index in [1.807, 2.05) is 97.1 Å². The number of rotatable bonds is 4. The summed E-state index contributed by atoms with van der Waals surface area (Å²) in [6, 6.07) is 31.9. The fourth-order valence-corrected chi connectivity index (χ4v) is 5.40. The monoisotopic (exact) mass is 542 g/mol. The summed E-state index contributed by atoms with van der Waals surface area (Å²) in [5.41, 5.74) is 8.22. The molecule has 0 spiro atoms. The number of carbonyl (C=O) groups is 2. The Labute approximate surface area is 239 Å². The van der Waals surface area contributed by atoms with Crippen molar-refractivity contribution in [3.8, 4) is 0 Å². The van der Waals surface area contributed by atoms with Gasteiger partial charge in [-0.25, -0.2) is 9.59 Å². The van der Waals surface area contributed by atoms with Gasteiger partial charge in [0.25, 0.3) is 0 Å². The van der Waals surface area contributed by atoms with Crippen LogP contribution in [0.25, 0.3) is 24.3 Å². The third kappa shape index (κ3) is 6.07. The fraction of sp³-hybridized carbons (Fsp3) is 0.143. The van der Waals surface area contributed by atoms with Crippen molar-refractivity contribution in [1.82, 2.24) is 10.6 Å². The lowest BCUT2D eigenvalue weighted by Crippen LogP contribution is -2.39. The molecule has 0 saturated carbocycles. The predicted octanol–water partition coefficient (Wildman–Crippen LogP) is 7.33. The van der Waals surface area contributed by atoms with E-state index in [0.717, 1.165) is 44.5 Å². The Kier molecular flexibility index (Phi) is 7.63. The van der Waals surface area contributed by atoms with Gasteiger partial charge in [0, 0.05) is 24.0 Å². The molecule has 0 saturated heterocycles. The Morgan fingerprint density at radius 3 is 1.37 bits per heavy atom. The van der Waals surface area contributed by atoms with Gasteiger partial charge in [-0.05, 0) is 33.4 Å². The average Bonchev–Trinajstić information content (AvgIpc) is 2.98. The summed E-state index contributed by atoms with van der Waals surface area (Å²) in [4.78, 5) is 25.7. The van der Waals surface area contributed by atoms with Gasteiger partial charge in [-0.2, -0.15) is 0 Å². The van der Waals surface area contributed by atoms with Crippen LogP contribution in [0.2, 0.25) is 0 Å². The number of fused-ring (bicyclic) bond motifs is 4. The molecule has 4 aromatic carbocycles. The van der Waals surface area contributed by atoms with Gasteiger partial charge < -0.3 is 20.1 Å². The summed E-state index contributed by atoms with van der Waals surface area (Å²) in [6.07, 6.45) is 7.13. The van der Waals surface area contributed by atoms with Gasteiger partial charge in [-0.1, -0.05) is 121 Å². The van der Waals surface area contributed by atoms with Gasteiger partial charge in [0.05, 0.1) is 6.67 Å². The second-order valence-corrected chi connectivity index (χ2v) is 10.0. The highest BCUT2D eigenvalue weighted by atomic mass is 16.6. The Morgan fingerprint density at radius 1 is 0.537 bits per heavy atom. The Hall–Kier alpha value is -5.10. The van der Waals surface area contributed by atoms with E-state index in [9.17, 15) is 9.59 Å². The Bertz CT molecular complexity index is 1520. The molecule has 0 bridgehead atoms. The highest BCUT2D eigenvalue weighted by molar-refractivity contribution is 5.76. The minimum Gasteiger partial charge on any atom is -0.441 e. The third-order valence-corrected chi connectivity index (χ3v) is 7.46. The highest BCUT2D eigenvalue weighted by Gasteiger charge is 2.24. The molecule has 2 atom stereocenters. The highest BCUT2D eigenvalue weighted by Crippen LogP contribution is 2.32. The molecule has 2 N–H and O–H groups in total. The van der Waals surface area contributed by atoms with Crippen LogP contribution in [0.3, 0.4) is 0 Å². The largest absolute Gasteiger partial charge is 0.441 e. The zero-order chi connectivity index (χ0) is 28.0. The number of hydrogen-bond donors (Lipinski definition) is 2. The first-order valence-electron chi connectivity index (χ1n) is 13.7. The van der Waals surface area contributed by atoms with Crippen molar-refractivity contribution >= 4 is 36.5 Å². The van der Waals surface area contributed by atoms with Crippen LogP contribution in [0.4, 0.5) is 9.59 Å². The molecular weight excluding hydrogens is 512 g/mol. The maximum absolute atomic E-state index is 12.8. The predicted molar refractivity (Wildman–Crippen MR) is 161 cm³/mol. The van der Waals surface area contributed by atoms with Crippen LogP contribution in [-0.2, 0) is 22.3 Å². The van der Waals surface area contributed by atoms with E-state index in [0.29, 0.717) is 12.8 Å². The van der Waals surface area contributed by atoms with Crippen molar-refractivity contribution in [3.63, 3.8) is 0 Å². The standard InChI is InChI=1S/C35H30N2O4/c38-34(40-32-21-28-13-3-1-9-24(28)17-19-26-11-5-7-15-30(26)32)36-23-37-35(39)41-33-22-29-14-4-2-10-25(29)18-20-27-12-6-8-16-31(27)33/h1-20,32-33H,21-23H2,(H,36,38)(H,37,39). The van der Waals surface area contributed by atoms with E-state index >= 15 is 0 Å². The van der Waals surface area contributed by atoms with Gasteiger partial charge in [0.1, 0.15) is 12.2 Å². The van der Waals surface area contributed by atoms with E-state index in [-0.39, 0.29) is 6.67 Å². The van der Waals surface area contributed by atoms with Crippen molar-refractivity contribution < 1.29 is 19.1 Å². The lowest BCUT2D eigenvalue weighted by atomic mass is 9.91. The third-order valence-electron chi connectivity index (χ3n) is 7.46. The van der Waals surface area contributed by atoms with Gasteiger partial charge in [0.2, 0.25) is 0 Å². The number of hydrogen-bond acceptors (Lipinski definition) is 4. The van der Waals surface area contributed by atoms with E-state index in [4.69, 9.17) is 9.47 Å². The molecule has 0 aliphatic heterocycles. The molecule has 6 rings (SSSR count). The SMILES string of the molecule is O=C(NCNC(=O)OC1Cc2ccccc2C=Cc2ccccc21)OC1Cc2ccccc2C=Cc2ccccc21. The molecule has 4 aromatic rings. The van der Waals surface area contributed by atoms with Crippen LogP contribution in [0.5, 0.6) is 0 Å². The molecule has 2 aliphatic rings. The van der Waals surface area contributed by atoms with Gasteiger partial charge in [-0.15, -0.1) is 0 Å². The molecule has 6 heteroatoms. The van der Waals surface area contributed by atoms with Crippen LogP contribution in [0.15, 0.2) is 97.1 Å². The number of nitrogens with one attached hydrogen (secondary N) is 2. The van der Waals surface area contributed by atoms with Crippen LogP contribution >= 0.6 is 0 Å². The topological polar surface area (TPSA) is 76.7 Å². The van der Waals surface area contributed by atoms with Crippen LogP contribution in [0.1, 0.15) is 56.7 Å². The maximum Gasteiger partial charge on any atom is 0.409 e. The normalized spacial score (nSPS) is 16.7. The zero-order valence-corrected chi connectivity index (χ0v) is 22.5. The Morgan fingerprint density at radius 2 is 0.902 bits per heavy atom. The minimum absolute atomic E-state index is 0.132. The van der Waals surface area contributed by atoms with Gasteiger partial charge in [-0.3, -0.25) is 0 Å². The summed E-state index contributed by atoms with van der Waals surface area (Å²) in [7, 11) is 0. The van der Waals surface area contributed by atoms with Crippen molar-refractivity contribution in [2.24, 2.45) is 0 Å². The molecule has 2 aliphatic carbocycles. The summed E-state index contributed by atoms with van der Waals surface area (Å²) in [5.74, 6) is 0. The van der Waals surface area contributed by atoms with E-state index < -0.39 is 24.4 Å². The van der Waals surface area contributed by atoms with Crippen molar-refractivity contribution in [3.05, 3.63) is 142 Å². The number of benzene rings is 4. The maximum atomic E-state index is 12.8. The molecular formula is C35H30N2O4. The quantitative estimate of drug-likeness (QED) is 0.265. The lowest BCUT2D eigenvalue weighted by molar-refractivity contribution is 0.0903. The van der Waals surface area contributed by atoms with E-state index in [2.05, 4.69) is 34.9 Å². The first-order chi connectivity index (χ1) is 20.1. The van der Waals surface area contributed by atoms with Gasteiger partial charge in [0.15, 0.2) is 0 Å². The van der Waals surface area contributed by atoms with Crippen molar-refractivity contribution in [2.45, 2.75) is 25.0 Å². The number of alkyl carbamates (subject to hydrolysis) is 2. The zero-order valence-electron chi connectivity index (χ0n) is 22.5. The molecule has 2 unspecified atom stereocenters. The fourth-order valence-electron chi connectivity index (χ4n) is 5.40. The van der Waals surface area contributed by atoms with Crippen LogP contribution in [0, 0.1) is 0 Å². The number of ether oxygens (including phenoxy) is 2. The molecule has 0 fully saturated rings. The molecule has 2 amide bonds. The summed E-state index contributed by atoms with van der Waals surface area (Å²) in [5, 5.41) is 5.29. The molecule has 41 heavy (non-hydrogen) atoms. The number of amides is 2. The molecule has 0 heterocycles. The lowest BCUT2D eigenvalue weighted by Gasteiger charge is -2.24. The summed E-state index contributed by atoms with van der Waals surface area (Å²) in [6.45, 7) is -0.132. The first-order valence-corrected chi connectivity index (χ1v) is 13.7. The average molecular weight is 543 g/mol. The van der Waals surface area contributed by atoms with E-state index in [1.54, 1.807) is 0 Å². The second kappa shape index (κ2) is 12.0. The molecule has 204 valence electrons. The first kappa shape index (κ1) is 26.1.